The van der Waals surface area contributed by atoms with E-state index in [0.29, 0.717) is 10.8 Å². The Balaban J connectivity index is 1.47. The molecule has 0 heterocycles. The highest BCUT2D eigenvalue weighted by atomic mass is 16.3. The van der Waals surface area contributed by atoms with E-state index in [1.807, 2.05) is 18.1 Å². The van der Waals surface area contributed by atoms with Gasteiger partial charge in [-0.05, 0) is 99.1 Å². The summed E-state index contributed by atoms with van der Waals surface area (Å²) in [6, 6.07) is 0.722. The Kier molecular flexibility index (Phi) is 5.88. The molecule has 0 aromatic rings. The Morgan fingerprint density at radius 2 is 1.68 bits per heavy atom. The molecule has 3 heteroatoms. The SMILES string of the molecule is CN(C=CCN(C)[C@H]1CC[C@H]2[C@@H]3CCC4CCCC[C@]4(C)[C@H]3CC[C@]12C)CO. The van der Waals surface area contributed by atoms with Crippen molar-refractivity contribution in [1.29, 1.82) is 0 Å². The fourth-order valence-electron chi connectivity index (χ4n) is 8.56. The van der Waals surface area contributed by atoms with Gasteiger partial charge >= 0.3 is 0 Å². The van der Waals surface area contributed by atoms with E-state index in [9.17, 15) is 5.11 Å². The van der Waals surface area contributed by atoms with Gasteiger partial charge in [0.1, 0.15) is 6.73 Å². The van der Waals surface area contributed by atoms with E-state index in [4.69, 9.17) is 0 Å². The highest BCUT2D eigenvalue weighted by molar-refractivity contribution is 5.11. The number of likely N-dealkylation sites (N-methyl/N-ethyl adjacent to an activating group) is 1. The number of rotatable bonds is 5. The van der Waals surface area contributed by atoms with Crippen LogP contribution in [0.15, 0.2) is 12.3 Å². The van der Waals surface area contributed by atoms with Crippen LogP contribution >= 0.6 is 0 Å². The van der Waals surface area contributed by atoms with Crippen molar-refractivity contribution in [2.45, 2.75) is 84.1 Å². The molecule has 0 amide bonds. The fourth-order valence-corrected chi connectivity index (χ4v) is 8.56. The van der Waals surface area contributed by atoms with Crippen LogP contribution in [0.5, 0.6) is 0 Å². The summed E-state index contributed by atoms with van der Waals surface area (Å²) in [6.07, 6.45) is 19.0. The van der Waals surface area contributed by atoms with Gasteiger partial charge < -0.3 is 10.0 Å². The summed E-state index contributed by atoms with van der Waals surface area (Å²) < 4.78 is 0. The Morgan fingerprint density at radius 1 is 0.893 bits per heavy atom. The molecular weight excluding hydrogens is 344 g/mol. The van der Waals surface area contributed by atoms with Crippen LogP contribution in [-0.2, 0) is 0 Å². The molecule has 0 aromatic heterocycles. The van der Waals surface area contributed by atoms with Crippen molar-refractivity contribution in [1.82, 2.24) is 9.80 Å². The maximum Gasteiger partial charge on any atom is 0.115 e. The molecule has 0 aromatic carbocycles. The topological polar surface area (TPSA) is 26.7 Å². The van der Waals surface area contributed by atoms with Gasteiger partial charge in [0.15, 0.2) is 0 Å². The summed E-state index contributed by atoms with van der Waals surface area (Å²) in [5.41, 5.74) is 1.16. The van der Waals surface area contributed by atoms with Crippen molar-refractivity contribution in [3.05, 3.63) is 12.3 Å². The lowest BCUT2D eigenvalue weighted by Crippen LogP contribution is -2.55. The van der Waals surface area contributed by atoms with Crippen molar-refractivity contribution in [2.24, 2.45) is 34.5 Å². The minimum Gasteiger partial charge on any atom is -0.376 e. The lowest BCUT2D eigenvalue weighted by atomic mass is 9.45. The molecule has 0 aliphatic heterocycles. The van der Waals surface area contributed by atoms with E-state index in [0.717, 1.165) is 36.3 Å². The van der Waals surface area contributed by atoms with Crippen LogP contribution < -0.4 is 0 Å². The van der Waals surface area contributed by atoms with Gasteiger partial charge in [0, 0.05) is 19.6 Å². The highest BCUT2D eigenvalue weighted by Crippen LogP contribution is 2.66. The highest BCUT2D eigenvalue weighted by Gasteiger charge is 2.60. The summed E-state index contributed by atoms with van der Waals surface area (Å²) in [5, 5.41) is 9.18. The second kappa shape index (κ2) is 7.95. The first-order valence-electron chi connectivity index (χ1n) is 12.1. The molecule has 4 aliphatic carbocycles. The van der Waals surface area contributed by atoms with Gasteiger partial charge in [-0.2, -0.15) is 0 Å². The van der Waals surface area contributed by atoms with Gasteiger partial charge in [0.2, 0.25) is 0 Å². The molecule has 1 unspecified atom stereocenters. The Morgan fingerprint density at radius 3 is 2.46 bits per heavy atom. The molecule has 28 heavy (non-hydrogen) atoms. The predicted molar refractivity (Wildman–Crippen MR) is 117 cm³/mol. The summed E-state index contributed by atoms with van der Waals surface area (Å²) in [7, 11) is 4.25. The van der Waals surface area contributed by atoms with Crippen LogP contribution in [0.3, 0.4) is 0 Å². The molecular formula is C25H44N2O. The first kappa shape index (κ1) is 20.7. The van der Waals surface area contributed by atoms with Crippen molar-refractivity contribution in [3.8, 4) is 0 Å². The van der Waals surface area contributed by atoms with Crippen LogP contribution in [-0.4, -0.2) is 48.3 Å². The van der Waals surface area contributed by atoms with E-state index in [1.165, 1.54) is 64.2 Å². The van der Waals surface area contributed by atoms with Crippen molar-refractivity contribution in [2.75, 3.05) is 27.4 Å². The van der Waals surface area contributed by atoms with Gasteiger partial charge in [-0.15, -0.1) is 0 Å². The molecule has 3 nitrogen and oxygen atoms in total. The smallest absolute Gasteiger partial charge is 0.115 e. The maximum absolute atomic E-state index is 9.18. The number of aliphatic hydroxyl groups excluding tert-OH is 1. The van der Waals surface area contributed by atoms with Gasteiger partial charge in [-0.1, -0.05) is 32.8 Å². The van der Waals surface area contributed by atoms with Crippen LogP contribution in [0, 0.1) is 34.5 Å². The van der Waals surface area contributed by atoms with Crippen molar-refractivity contribution in [3.63, 3.8) is 0 Å². The second-order valence-electron chi connectivity index (χ2n) is 11.3. The van der Waals surface area contributed by atoms with Gasteiger partial charge in [0.25, 0.3) is 0 Å². The second-order valence-corrected chi connectivity index (χ2v) is 11.3. The summed E-state index contributed by atoms with van der Waals surface area (Å²) in [4.78, 5) is 4.44. The molecule has 160 valence electrons. The van der Waals surface area contributed by atoms with Crippen LogP contribution in [0.4, 0.5) is 0 Å². The predicted octanol–water partition coefficient (Wildman–Crippen LogP) is 5.11. The quantitative estimate of drug-likeness (QED) is 0.663. The maximum atomic E-state index is 9.18. The largest absolute Gasteiger partial charge is 0.376 e. The minimum absolute atomic E-state index is 0.0895. The molecule has 7 atom stereocenters. The average molecular weight is 389 g/mol. The molecule has 0 bridgehead atoms. The minimum atomic E-state index is 0.0895. The molecule has 4 saturated carbocycles. The molecule has 0 saturated heterocycles. The summed E-state index contributed by atoms with van der Waals surface area (Å²) in [5.74, 6) is 3.97. The van der Waals surface area contributed by atoms with Crippen LogP contribution in [0.2, 0.25) is 0 Å². The van der Waals surface area contributed by atoms with E-state index >= 15 is 0 Å². The van der Waals surface area contributed by atoms with E-state index in [1.54, 1.807) is 0 Å². The third-order valence-corrected chi connectivity index (χ3v) is 10.0. The molecule has 1 N–H and O–H groups in total. The standard InChI is InChI=1S/C25H44N2O/c1-24-14-6-5-8-19(24)9-10-20-21-11-12-23(25(21,2)15-13-22(20)24)27(4)17-7-16-26(3)18-28/h7,16,19-23,28H,5-6,8-15,17-18H2,1-4H3/t19?,20-,21-,22-,23-,24-,25-/m0/s1. The zero-order chi connectivity index (χ0) is 19.9. The lowest BCUT2D eigenvalue weighted by Gasteiger charge is -2.61. The fraction of sp³-hybridized carbons (Fsp3) is 0.920. The van der Waals surface area contributed by atoms with Crippen LogP contribution in [0.25, 0.3) is 0 Å². The number of fused-ring (bicyclic) bond motifs is 5. The Labute approximate surface area is 173 Å². The zero-order valence-electron chi connectivity index (χ0n) is 18.9. The lowest BCUT2D eigenvalue weighted by molar-refractivity contribution is -0.112. The van der Waals surface area contributed by atoms with E-state index in [2.05, 4.69) is 31.9 Å². The summed E-state index contributed by atoms with van der Waals surface area (Å²) in [6.45, 7) is 6.41. The normalized spacial score (nSPS) is 45.7. The van der Waals surface area contributed by atoms with Crippen LogP contribution in [0.1, 0.15) is 78.1 Å². The number of hydrogen-bond donors (Lipinski definition) is 1. The first-order valence-corrected chi connectivity index (χ1v) is 12.1. The number of hydrogen-bond acceptors (Lipinski definition) is 3. The molecule has 0 radical (unpaired) electrons. The molecule has 4 aliphatic rings. The monoisotopic (exact) mass is 388 g/mol. The third kappa shape index (κ3) is 3.35. The van der Waals surface area contributed by atoms with Crippen molar-refractivity contribution >= 4 is 0 Å². The van der Waals surface area contributed by atoms with Gasteiger partial charge in [0.05, 0.1) is 0 Å². The molecule has 4 fully saturated rings. The third-order valence-electron chi connectivity index (χ3n) is 10.0. The van der Waals surface area contributed by atoms with Gasteiger partial charge in [-0.25, -0.2) is 0 Å². The number of nitrogens with zero attached hydrogens (tertiary/aromatic N) is 2. The van der Waals surface area contributed by atoms with E-state index in [-0.39, 0.29) is 6.73 Å². The molecule has 0 spiro atoms. The average Bonchev–Trinajstić information content (AvgIpc) is 3.04. The first-order chi connectivity index (χ1) is 13.4. The van der Waals surface area contributed by atoms with E-state index < -0.39 is 0 Å². The number of aliphatic hydroxyl groups is 1. The Hall–Kier alpha value is -0.540. The van der Waals surface area contributed by atoms with Crippen molar-refractivity contribution < 1.29 is 5.11 Å². The van der Waals surface area contributed by atoms with Gasteiger partial charge in [-0.3, -0.25) is 4.90 Å². The summed E-state index contributed by atoms with van der Waals surface area (Å²) >= 11 is 0. The molecule has 4 rings (SSSR count). The zero-order valence-corrected chi connectivity index (χ0v) is 18.9. The Bertz CT molecular complexity index is 577.